The van der Waals surface area contributed by atoms with Crippen molar-refractivity contribution in [1.29, 1.82) is 0 Å². The number of likely N-dealkylation sites (tertiary alicyclic amines) is 1. The average molecular weight is 505 g/mol. The van der Waals surface area contributed by atoms with Crippen LogP contribution in [0.4, 0.5) is 4.39 Å². The summed E-state index contributed by atoms with van der Waals surface area (Å²) in [6.07, 6.45) is 8.08. The first kappa shape index (κ1) is 26.8. The first-order valence-corrected chi connectivity index (χ1v) is 13.0. The van der Waals surface area contributed by atoms with Crippen LogP contribution in [0.3, 0.4) is 0 Å². The molecule has 1 atom stereocenters. The van der Waals surface area contributed by atoms with E-state index in [0.717, 1.165) is 58.9 Å². The quantitative estimate of drug-likeness (QED) is 0.304. The molecule has 1 aromatic heterocycles. The molecule has 2 heterocycles. The number of pyridine rings is 1. The van der Waals surface area contributed by atoms with Crippen molar-refractivity contribution in [1.82, 2.24) is 9.88 Å². The monoisotopic (exact) mass is 504 g/mol. The molecule has 0 bridgehead atoms. The first-order valence-electron chi connectivity index (χ1n) is 13.0. The molecule has 2 aromatic rings. The molecule has 1 saturated heterocycles. The normalized spacial score (nSPS) is 22.9. The van der Waals surface area contributed by atoms with Crippen LogP contribution in [-0.2, 0) is 4.84 Å². The van der Waals surface area contributed by atoms with Gasteiger partial charge in [-0.2, -0.15) is 0 Å². The van der Waals surface area contributed by atoms with Gasteiger partial charge in [-0.25, -0.2) is 4.39 Å². The number of piperidine rings is 1. The Labute approximate surface area is 219 Å². The van der Waals surface area contributed by atoms with Gasteiger partial charge in [-0.15, -0.1) is 0 Å². The highest BCUT2D eigenvalue weighted by Crippen LogP contribution is 2.39. The van der Waals surface area contributed by atoms with Crippen molar-refractivity contribution in [3.05, 3.63) is 65.4 Å². The summed E-state index contributed by atoms with van der Waals surface area (Å²) in [5, 5.41) is 4.61. The average Bonchev–Trinajstić information content (AvgIpc) is 2.92. The van der Waals surface area contributed by atoms with Crippen LogP contribution in [0.1, 0.15) is 50.5 Å². The Hall–Kier alpha value is -3.23. The van der Waals surface area contributed by atoms with Gasteiger partial charge in [0.1, 0.15) is 12.4 Å². The summed E-state index contributed by atoms with van der Waals surface area (Å²) < 4.78 is 14.3. The van der Waals surface area contributed by atoms with Crippen LogP contribution in [0.15, 0.2) is 69.1 Å². The molecule has 1 aromatic carbocycles. The third-order valence-electron chi connectivity index (χ3n) is 7.40. The number of aromatic nitrogens is 1. The maximum atomic E-state index is 14.3. The van der Waals surface area contributed by atoms with E-state index in [1.54, 1.807) is 18.5 Å². The molecule has 0 radical (unpaired) electrons. The van der Waals surface area contributed by atoms with Gasteiger partial charge in [-0.1, -0.05) is 17.3 Å². The molecule has 7 nitrogen and oxygen atoms in total. The largest absolute Gasteiger partial charge is 0.396 e. The molecule has 1 aliphatic heterocycles. The van der Waals surface area contributed by atoms with Crippen LogP contribution in [0.25, 0.3) is 11.1 Å². The zero-order valence-corrected chi connectivity index (χ0v) is 21.9. The van der Waals surface area contributed by atoms with Gasteiger partial charge < -0.3 is 15.5 Å². The Balaban J connectivity index is 1.63. The molecule has 1 unspecified atom stereocenters. The summed E-state index contributed by atoms with van der Waals surface area (Å²) in [7, 11) is 2.17. The molecule has 0 amide bonds. The lowest BCUT2D eigenvalue weighted by Gasteiger charge is -2.30. The highest BCUT2D eigenvalue weighted by Gasteiger charge is 2.32. The smallest absolute Gasteiger partial charge is 0.123 e. The Bertz CT molecular complexity index is 1170. The number of rotatable bonds is 8. The Morgan fingerprint density at radius 2 is 2.00 bits per heavy atom. The predicted molar refractivity (Wildman–Crippen MR) is 149 cm³/mol. The van der Waals surface area contributed by atoms with E-state index in [1.807, 2.05) is 25.1 Å². The summed E-state index contributed by atoms with van der Waals surface area (Å²) in [5.41, 5.74) is 11.8. The molecular formula is C29H37FN6O. The molecular weight excluding hydrogens is 467 g/mol. The highest BCUT2D eigenvalue weighted by molar-refractivity contribution is 6.27. The molecule has 196 valence electrons. The summed E-state index contributed by atoms with van der Waals surface area (Å²) in [6.45, 7) is 8.62. The fraction of sp³-hybridized carbons (Fsp3) is 0.448. The van der Waals surface area contributed by atoms with E-state index in [2.05, 4.69) is 38.8 Å². The Morgan fingerprint density at radius 1 is 1.22 bits per heavy atom. The van der Waals surface area contributed by atoms with Crippen molar-refractivity contribution < 1.29 is 9.23 Å². The van der Waals surface area contributed by atoms with Crippen LogP contribution < -0.4 is 5.73 Å². The molecule has 2 aliphatic rings. The fourth-order valence-electron chi connectivity index (χ4n) is 5.31. The lowest BCUT2D eigenvalue weighted by atomic mass is 9.76. The lowest BCUT2D eigenvalue weighted by molar-refractivity contribution is 0.112. The fourth-order valence-corrected chi connectivity index (χ4v) is 5.31. The molecule has 1 aliphatic carbocycles. The number of nitrogens with zero attached hydrogens (tertiary/aromatic N) is 5. The molecule has 1 saturated carbocycles. The second kappa shape index (κ2) is 12.8. The topological polar surface area (TPSA) is 88.5 Å². The maximum absolute atomic E-state index is 14.3. The van der Waals surface area contributed by atoms with E-state index < -0.39 is 0 Å². The minimum atomic E-state index is -0.285. The second-order valence-electron chi connectivity index (χ2n) is 9.89. The van der Waals surface area contributed by atoms with Gasteiger partial charge in [0.25, 0.3) is 0 Å². The highest BCUT2D eigenvalue weighted by atomic mass is 19.1. The van der Waals surface area contributed by atoms with Gasteiger partial charge in [0.05, 0.1) is 12.4 Å². The van der Waals surface area contributed by atoms with Crippen molar-refractivity contribution in [3.63, 3.8) is 0 Å². The van der Waals surface area contributed by atoms with Gasteiger partial charge in [0, 0.05) is 41.4 Å². The van der Waals surface area contributed by atoms with Crippen LogP contribution >= 0.6 is 0 Å². The van der Waals surface area contributed by atoms with Crippen molar-refractivity contribution in [2.75, 3.05) is 33.4 Å². The van der Waals surface area contributed by atoms with Crippen LogP contribution in [-0.4, -0.2) is 61.4 Å². The van der Waals surface area contributed by atoms with Crippen molar-refractivity contribution in [3.8, 4) is 11.1 Å². The molecule has 2 fully saturated rings. The van der Waals surface area contributed by atoms with Crippen molar-refractivity contribution in [2.24, 2.45) is 26.8 Å². The second-order valence-corrected chi connectivity index (χ2v) is 9.89. The van der Waals surface area contributed by atoms with E-state index >= 15 is 0 Å². The lowest BCUT2D eigenvalue weighted by Crippen LogP contribution is -2.30. The molecule has 0 spiro atoms. The third-order valence-corrected chi connectivity index (χ3v) is 7.40. The number of nitrogens with two attached hydrogens (primary N) is 1. The zero-order valence-electron chi connectivity index (χ0n) is 21.9. The number of halogens is 1. The zero-order chi connectivity index (χ0) is 26.2. The number of hydrogen-bond donors (Lipinski definition) is 1. The van der Waals surface area contributed by atoms with Gasteiger partial charge >= 0.3 is 0 Å². The first-order chi connectivity index (χ1) is 18.0. The Kier molecular flexibility index (Phi) is 9.30. The van der Waals surface area contributed by atoms with Gasteiger partial charge in [-0.05, 0) is 101 Å². The molecule has 8 heteroatoms. The summed E-state index contributed by atoms with van der Waals surface area (Å²) in [4.78, 5) is 21.3. The van der Waals surface area contributed by atoms with Crippen LogP contribution in [0.5, 0.6) is 0 Å². The molecule has 2 N–H and O–H groups in total. The SMILES string of the molecule is C=N/C(C)=C1C(=N/CN)\CC(c2ccc(F)cc2-c2cccnc2)CC\1=N/OCCC1CCN(C)CC1. The number of hydrogen-bond acceptors (Lipinski definition) is 7. The van der Waals surface area contributed by atoms with Crippen LogP contribution in [0, 0.1) is 11.7 Å². The van der Waals surface area contributed by atoms with E-state index in [1.165, 1.54) is 18.9 Å². The Morgan fingerprint density at radius 3 is 2.70 bits per heavy atom. The van der Waals surface area contributed by atoms with Crippen molar-refractivity contribution >= 4 is 18.1 Å². The number of aliphatic imine (C=N–C) groups is 2. The minimum absolute atomic E-state index is 0.0127. The van der Waals surface area contributed by atoms with Gasteiger partial charge in [0.2, 0.25) is 0 Å². The summed E-state index contributed by atoms with van der Waals surface area (Å²) in [6, 6.07) is 8.74. The maximum Gasteiger partial charge on any atom is 0.123 e. The third kappa shape index (κ3) is 6.76. The molecule has 4 rings (SSSR count). The minimum Gasteiger partial charge on any atom is -0.396 e. The van der Waals surface area contributed by atoms with E-state index in [9.17, 15) is 4.39 Å². The predicted octanol–water partition coefficient (Wildman–Crippen LogP) is 5.20. The van der Waals surface area contributed by atoms with Gasteiger partial charge in [0.15, 0.2) is 0 Å². The summed E-state index contributed by atoms with van der Waals surface area (Å²) in [5.74, 6) is 0.393. The van der Waals surface area contributed by atoms with E-state index in [0.29, 0.717) is 25.4 Å². The van der Waals surface area contributed by atoms with Crippen molar-refractivity contribution in [2.45, 2.75) is 44.9 Å². The van der Waals surface area contributed by atoms with Gasteiger partial charge in [-0.3, -0.25) is 15.0 Å². The molecule has 37 heavy (non-hydrogen) atoms. The van der Waals surface area contributed by atoms with E-state index in [4.69, 9.17) is 10.6 Å². The number of allylic oxidation sites excluding steroid dienone is 2. The van der Waals surface area contributed by atoms with Crippen LogP contribution in [0.2, 0.25) is 0 Å². The summed E-state index contributed by atoms with van der Waals surface area (Å²) >= 11 is 0. The number of oxime groups is 1. The van der Waals surface area contributed by atoms with E-state index in [-0.39, 0.29) is 18.4 Å². The standard InChI is InChI=1S/C29H37FN6O/c1-20(32-2)29-27(34-19-31)15-23(16-28(29)35-37-14-10-21-8-12-36(3)13-9-21)25-7-6-24(30)17-26(25)22-5-4-11-33-18-22/h4-7,11,17-18,21,23H,2,8-10,12-16,19,31H2,1,3H3/b29-20+,34-27-,35-28+. The number of benzene rings is 1.